The van der Waals surface area contributed by atoms with Gasteiger partial charge in [0.25, 0.3) is 0 Å². The number of amides is 1. The van der Waals surface area contributed by atoms with E-state index in [1.807, 2.05) is 0 Å². The molecule has 10 heteroatoms. The largest absolute Gasteiger partial charge is 0.497 e. The lowest BCUT2D eigenvalue weighted by atomic mass is 10.3. The molecular weight excluding hydrogens is 408 g/mol. The second kappa shape index (κ2) is 9.95. The molecule has 0 N–H and O–H groups in total. The first-order valence-electron chi connectivity index (χ1n) is 10.3. The lowest BCUT2D eigenvalue weighted by Gasteiger charge is -2.37. The van der Waals surface area contributed by atoms with Crippen LogP contribution in [-0.4, -0.2) is 113 Å². The Kier molecular flexibility index (Phi) is 7.56. The highest BCUT2D eigenvalue weighted by Crippen LogP contribution is 2.31. The van der Waals surface area contributed by atoms with Crippen LogP contribution in [0.1, 0.15) is 6.92 Å². The van der Waals surface area contributed by atoms with Crippen molar-refractivity contribution in [1.82, 2.24) is 19.0 Å². The molecule has 2 fully saturated rings. The van der Waals surface area contributed by atoms with Crippen molar-refractivity contribution in [2.24, 2.45) is 0 Å². The van der Waals surface area contributed by atoms with Gasteiger partial charge in [-0.15, -0.1) is 0 Å². The second-order valence-corrected chi connectivity index (χ2v) is 9.42. The van der Waals surface area contributed by atoms with Crippen molar-refractivity contribution >= 4 is 15.9 Å². The fourth-order valence-electron chi connectivity index (χ4n) is 3.86. The number of carbonyl (C=O) groups is 1. The molecule has 0 aliphatic carbocycles. The summed E-state index contributed by atoms with van der Waals surface area (Å²) in [6, 6.07) is 4.72. The summed E-state index contributed by atoms with van der Waals surface area (Å²) in [6.45, 7) is 8.64. The summed E-state index contributed by atoms with van der Waals surface area (Å²) in [4.78, 5) is 19.1. The molecule has 168 valence electrons. The van der Waals surface area contributed by atoms with Crippen molar-refractivity contribution in [3.05, 3.63) is 18.2 Å². The number of nitrogens with zero attached hydrogens (tertiary/aromatic N) is 4. The SMILES string of the molecule is CCN1CCN(CC(=O)N2CCN(S(=O)(=O)c3cc(OC)ccc3OC)CC2)CC1. The highest BCUT2D eigenvalue weighted by molar-refractivity contribution is 7.89. The minimum atomic E-state index is -3.75. The monoisotopic (exact) mass is 440 g/mol. The molecular formula is C20H32N4O5S. The van der Waals surface area contributed by atoms with Gasteiger partial charge in [0.05, 0.1) is 20.8 Å². The summed E-state index contributed by atoms with van der Waals surface area (Å²) in [5, 5.41) is 0. The van der Waals surface area contributed by atoms with E-state index in [0.717, 1.165) is 32.7 Å². The average Bonchev–Trinajstić information content (AvgIpc) is 2.79. The van der Waals surface area contributed by atoms with Gasteiger partial charge >= 0.3 is 0 Å². The van der Waals surface area contributed by atoms with Gasteiger partial charge in [-0.05, 0) is 18.7 Å². The van der Waals surface area contributed by atoms with Crippen LogP contribution >= 0.6 is 0 Å². The van der Waals surface area contributed by atoms with Crippen molar-refractivity contribution < 1.29 is 22.7 Å². The number of carbonyl (C=O) groups excluding carboxylic acids is 1. The van der Waals surface area contributed by atoms with Crippen LogP contribution in [0.3, 0.4) is 0 Å². The van der Waals surface area contributed by atoms with Gasteiger partial charge in [0.1, 0.15) is 16.4 Å². The van der Waals surface area contributed by atoms with Gasteiger partial charge in [-0.2, -0.15) is 4.31 Å². The maximum Gasteiger partial charge on any atom is 0.247 e. The fraction of sp³-hybridized carbons (Fsp3) is 0.650. The van der Waals surface area contributed by atoms with Crippen molar-refractivity contribution in [2.45, 2.75) is 11.8 Å². The third-order valence-electron chi connectivity index (χ3n) is 5.85. The normalized spacial score (nSPS) is 19.6. The minimum absolute atomic E-state index is 0.0657. The van der Waals surface area contributed by atoms with Crippen LogP contribution in [0, 0.1) is 0 Å². The van der Waals surface area contributed by atoms with E-state index in [0.29, 0.717) is 25.4 Å². The molecule has 0 radical (unpaired) electrons. The van der Waals surface area contributed by atoms with Gasteiger partial charge in [0.15, 0.2) is 0 Å². The van der Waals surface area contributed by atoms with Crippen LogP contribution in [0.2, 0.25) is 0 Å². The molecule has 0 atom stereocenters. The first kappa shape index (κ1) is 22.8. The molecule has 2 aliphatic rings. The molecule has 0 saturated carbocycles. The summed E-state index contributed by atoms with van der Waals surface area (Å²) in [6.07, 6.45) is 0. The van der Waals surface area contributed by atoms with Crippen LogP contribution in [0.25, 0.3) is 0 Å². The van der Waals surface area contributed by atoms with Crippen molar-refractivity contribution in [3.8, 4) is 11.5 Å². The van der Waals surface area contributed by atoms with Gasteiger partial charge in [-0.3, -0.25) is 9.69 Å². The summed E-state index contributed by atoms with van der Waals surface area (Å²) >= 11 is 0. The van der Waals surface area contributed by atoms with Crippen LogP contribution in [0.4, 0.5) is 0 Å². The Hall–Kier alpha value is -1.88. The minimum Gasteiger partial charge on any atom is -0.497 e. The Balaban J connectivity index is 1.59. The molecule has 1 aromatic rings. The predicted molar refractivity (Wildman–Crippen MR) is 113 cm³/mol. The van der Waals surface area contributed by atoms with E-state index in [1.54, 1.807) is 17.0 Å². The number of sulfonamides is 1. The maximum absolute atomic E-state index is 13.2. The first-order chi connectivity index (χ1) is 14.4. The topological polar surface area (TPSA) is 82.6 Å². The number of methoxy groups -OCH3 is 2. The Morgan fingerprint density at radius 2 is 1.57 bits per heavy atom. The lowest BCUT2D eigenvalue weighted by molar-refractivity contribution is -0.134. The van der Waals surface area contributed by atoms with Gasteiger partial charge in [-0.1, -0.05) is 6.92 Å². The Bertz CT molecular complexity index is 832. The Morgan fingerprint density at radius 1 is 0.933 bits per heavy atom. The number of piperazine rings is 2. The molecule has 9 nitrogen and oxygen atoms in total. The summed E-state index contributed by atoms with van der Waals surface area (Å²) in [5.41, 5.74) is 0. The zero-order chi connectivity index (χ0) is 21.7. The van der Waals surface area contributed by atoms with E-state index < -0.39 is 10.0 Å². The molecule has 3 rings (SSSR count). The molecule has 2 heterocycles. The quantitative estimate of drug-likeness (QED) is 0.598. The Morgan fingerprint density at radius 3 is 2.13 bits per heavy atom. The van der Waals surface area contributed by atoms with Crippen LogP contribution in [0.15, 0.2) is 23.1 Å². The van der Waals surface area contributed by atoms with Gasteiger partial charge < -0.3 is 19.3 Å². The molecule has 1 amide bonds. The Labute approximate surface area is 179 Å². The predicted octanol–water partition coefficient (Wildman–Crippen LogP) is 0.174. The highest BCUT2D eigenvalue weighted by Gasteiger charge is 2.33. The average molecular weight is 441 g/mol. The number of rotatable bonds is 7. The molecule has 2 saturated heterocycles. The van der Waals surface area contributed by atoms with E-state index in [9.17, 15) is 13.2 Å². The molecule has 0 unspecified atom stereocenters. The zero-order valence-electron chi connectivity index (χ0n) is 18.0. The van der Waals surface area contributed by atoms with Gasteiger partial charge in [-0.25, -0.2) is 8.42 Å². The maximum atomic E-state index is 13.2. The third kappa shape index (κ3) is 5.05. The van der Waals surface area contributed by atoms with Crippen molar-refractivity contribution in [1.29, 1.82) is 0 Å². The highest BCUT2D eigenvalue weighted by atomic mass is 32.2. The van der Waals surface area contributed by atoms with Crippen LogP contribution in [0.5, 0.6) is 11.5 Å². The van der Waals surface area contributed by atoms with Crippen molar-refractivity contribution in [3.63, 3.8) is 0 Å². The van der Waals surface area contributed by atoms with E-state index in [1.165, 1.54) is 24.6 Å². The van der Waals surface area contributed by atoms with Crippen LogP contribution in [-0.2, 0) is 14.8 Å². The van der Waals surface area contributed by atoms with E-state index in [4.69, 9.17) is 9.47 Å². The smallest absolute Gasteiger partial charge is 0.247 e. The van der Waals surface area contributed by atoms with E-state index >= 15 is 0 Å². The van der Waals surface area contributed by atoms with Gasteiger partial charge in [0.2, 0.25) is 15.9 Å². The molecule has 2 aliphatic heterocycles. The second-order valence-electron chi connectivity index (χ2n) is 7.51. The standard InChI is InChI=1S/C20H32N4O5S/c1-4-21-7-9-22(10-8-21)16-20(25)23-11-13-24(14-12-23)30(26,27)19-15-17(28-2)5-6-18(19)29-3/h5-6,15H,4,7-14,16H2,1-3H3. The number of hydrogen-bond acceptors (Lipinski definition) is 7. The third-order valence-corrected chi connectivity index (χ3v) is 7.77. The number of hydrogen-bond donors (Lipinski definition) is 0. The zero-order valence-corrected chi connectivity index (χ0v) is 18.9. The molecule has 1 aromatic carbocycles. The molecule has 0 aromatic heterocycles. The molecule has 30 heavy (non-hydrogen) atoms. The number of benzene rings is 1. The summed E-state index contributed by atoms with van der Waals surface area (Å²) in [5.74, 6) is 0.794. The summed E-state index contributed by atoms with van der Waals surface area (Å²) < 4.78 is 38.2. The van der Waals surface area contributed by atoms with Crippen molar-refractivity contribution in [2.75, 3.05) is 79.7 Å². The summed E-state index contributed by atoms with van der Waals surface area (Å²) in [7, 11) is -0.815. The first-order valence-corrected chi connectivity index (χ1v) is 11.8. The molecule has 0 bridgehead atoms. The lowest BCUT2D eigenvalue weighted by Crippen LogP contribution is -2.54. The number of likely N-dealkylation sites (N-methyl/N-ethyl adjacent to an activating group) is 1. The number of ether oxygens (including phenoxy) is 2. The van der Waals surface area contributed by atoms with E-state index in [-0.39, 0.29) is 29.6 Å². The van der Waals surface area contributed by atoms with Crippen LogP contribution < -0.4 is 9.47 Å². The molecule has 0 spiro atoms. The van der Waals surface area contributed by atoms with Gasteiger partial charge in [0, 0.05) is 58.4 Å². The van der Waals surface area contributed by atoms with E-state index in [2.05, 4.69) is 16.7 Å². The fourth-order valence-corrected chi connectivity index (χ4v) is 5.45.